The van der Waals surface area contributed by atoms with Gasteiger partial charge < -0.3 is 5.11 Å². The fourth-order valence-electron chi connectivity index (χ4n) is 3.37. The summed E-state index contributed by atoms with van der Waals surface area (Å²) in [6.45, 7) is 0. The van der Waals surface area contributed by atoms with Gasteiger partial charge in [0.1, 0.15) is 0 Å². The summed E-state index contributed by atoms with van der Waals surface area (Å²) in [5, 5.41) is 10.5. The standard InChI is InChI=1S/C24H19ClN2O3S/c1-27-22(28)21(31-24(27)26-20-10-8-19(25)9-11-20)13-15-4-2-5-16(12-15)17-6-3-7-18(14-17)23(29)30/h2-11,13-15H,12H2,1H3,(H,29,30)/b21-13-,26-24+. The minimum atomic E-state index is -0.948. The minimum Gasteiger partial charge on any atom is -0.478 e. The fraction of sp³-hybridized carbons (Fsp3) is 0.125. The van der Waals surface area contributed by atoms with Crippen LogP contribution < -0.4 is 0 Å². The number of aliphatic imine (C=N–C) groups is 1. The first kappa shape index (κ1) is 21.2. The van der Waals surface area contributed by atoms with Gasteiger partial charge in [0.05, 0.1) is 16.2 Å². The number of rotatable bonds is 4. The van der Waals surface area contributed by atoms with Gasteiger partial charge in [-0.3, -0.25) is 9.69 Å². The third-order valence-electron chi connectivity index (χ3n) is 5.01. The number of hydrogen-bond acceptors (Lipinski definition) is 4. The molecule has 31 heavy (non-hydrogen) atoms. The third-order valence-corrected chi connectivity index (χ3v) is 6.34. The van der Waals surface area contributed by atoms with Gasteiger partial charge >= 0.3 is 5.97 Å². The van der Waals surface area contributed by atoms with Crippen LogP contribution in [0.1, 0.15) is 22.3 Å². The van der Waals surface area contributed by atoms with Crippen LogP contribution in [-0.2, 0) is 4.79 Å². The van der Waals surface area contributed by atoms with Gasteiger partial charge in [-0.25, -0.2) is 9.79 Å². The zero-order valence-corrected chi connectivity index (χ0v) is 18.2. The molecule has 1 fully saturated rings. The van der Waals surface area contributed by atoms with E-state index < -0.39 is 5.97 Å². The maximum atomic E-state index is 12.7. The van der Waals surface area contributed by atoms with E-state index in [-0.39, 0.29) is 17.4 Å². The van der Waals surface area contributed by atoms with Gasteiger partial charge in [-0.2, -0.15) is 0 Å². The topological polar surface area (TPSA) is 70.0 Å². The first-order chi connectivity index (χ1) is 14.9. The maximum Gasteiger partial charge on any atom is 0.335 e. The molecule has 1 atom stereocenters. The Labute approximate surface area is 189 Å². The minimum absolute atomic E-state index is 0.0308. The van der Waals surface area contributed by atoms with Crippen molar-refractivity contribution in [2.45, 2.75) is 6.42 Å². The largest absolute Gasteiger partial charge is 0.478 e. The van der Waals surface area contributed by atoms with Gasteiger partial charge in [0.25, 0.3) is 5.91 Å². The second kappa shape index (κ2) is 8.96. The highest BCUT2D eigenvalue weighted by Crippen LogP contribution is 2.36. The van der Waals surface area contributed by atoms with Crippen LogP contribution in [0.5, 0.6) is 0 Å². The number of carboxylic acid groups (broad SMARTS) is 1. The van der Waals surface area contributed by atoms with Crippen LogP contribution in [0.25, 0.3) is 5.57 Å². The Bertz CT molecular complexity index is 1170. The molecule has 2 aromatic rings. The molecule has 0 spiro atoms. The number of likely N-dealkylation sites (N-methyl/N-ethyl adjacent to an activating group) is 1. The van der Waals surface area contributed by atoms with E-state index in [1.54, 1.807) is 42.3 Å². The molecule has 0 saturated carbocycles. The molecule has 0 radical (unpaired) electrons. The van der Waals surface area contributed by atoms with Gasteiger partial charge in [0, 0.05) is 18.0 Å². The SMILES string of the molecule is CN1C(=O)/C(=C/C2C=CC=C(c3cccc(C(=O)O)c3)C2)S/C1=N/c1ccc(Cl)cc1. The van der Waals surface area contributed by atoms with Crippen LogP contribution in [0.3, 0.4) is 0 Å². The van der Waals surface area contributed by atoms with Gasteiger partial charge in [-0.15, -0.1) is 0 Å². The van der Waals surface area contributed by atoms with E-state index in [2.05, 4.69) is 4.99 Å². The number of amides is 1. The van der Waals surface area contributed by atoms with Crippen molar-refractivity contribution in [3.05, 3.63) is 93.9 Å². The quantitative estimate of drug-likeness (QED) is 0.600. The lowest BCUT2D eigenvalue weighted by Gasteiger charge is -2.16. The van der Waals surface area contributed by atoms with Crippen LogP contribution in [-0.4, -0.2) is 34.1 Å². The molecule has 0 aromatic heterocycles. The molecule has 0 bridgehead atoms. The molecule has 1 saturated heterocycles. The number of benzene rings is 2. The third kappa shape index (κ3) is 4.81. The zero-order valence-electron chi connectivity index (χ0n) is 16.7. The van der Waals surface area contributed by atoms with E-state index >= 15 is 0 Å². The monoisotopic (exact) mass is 450 g/mol. The molecule has 5 nitrogen and oxygen atoms in total. The van der Waals surface area contributed by atoms with E-state index in [1.165, 1.54) is 11.8 Å². The Balaban J connectivity index is 1.52. The highest BCUT2D eigenvalue weighted by Gasteiger charge is 2.31. The molecule has 1 amide bonds. The lowest BCUT2D eigenvalue weighted by atomic mass is 9.89. The Kier molecular flexibility index (Phi) is 6.11. The van der Waals surface area contributed by atoms with Gasteiger partial charge in [0.15, 0.2) is 5.17 Å². The molecular weight excluding hydrogens is 432 g/mol. The van der Waals surface area contributed by atoms with Crippen LogP contribution in [0.4, 0.5) is 5.69 Å². The number of nitrogens with zero attached hydrogens (tertiary/aromatic N) is 2. The highest BCUT2D eigenvalue weighted by atomic mass is 35.5. The number of thioether (sulfide) groups is 1. The summed E-state index contributed by atoms with van der Waals surface area (Å²) in [5.74, 6) is -1.01. The molecule has 156 valence electrons. The fourth-order valence-corrected chi connectivity index (χ4v) is 4.53. The van der Waals surface area contributed by atoms with Crippen molar-refractivity contribution < 1.29 is 14.7 Å². The molecule has 1 N–H and O–H groups in total. The van der Waals surface area contributed by atoms with E-state index in [4.69, 9.17) is 11.6 Å². The summed E-state index contributed by atoms with van der Waals surface area (Å²) in [6, 6.07) is 14.0. The van der Waals surface area contributed by atoms with Crippen molar-refractivity contribution in [2.24, 2.45) is 10.9 Å². The number of carbonyl (C=O) groups excluding carboxylic acids is 1. The summed E-state index contributed by atoms with van der Waals surface area (Å²) < 4.78 is 0. The zero-order chi connectivity index (χ0) is 22.0. The van der Waals surface area contributed by atoms with E-state index in [1.807, 2.05) is 42.5 Å². The second-order valence-electron chi connectivity index (χ2n) is 7.20. The van der Waals surface area contributed by atoms with Crippen molar-refractivity contribution in [1.29, 1.82) is 0 Å². The van der Waals surface area contributed by atoms with Crippen LogP contribution in [0.2, 0.25) is 5.02 Å². The van der Waals surface area contributed by atoms with Crippen molar-refractivity contribution >= 4 is 51.7 Å². The molecule has 7 heteroatoms. The lowest BCUT2D eigenvalue weighted by molar-refractivity contribution is -0.121. The summed E-state index contributed by atoms with van der Waals surface area (Å²) in [7, 11) is 1.71. The van der Waals surface area contributed by atoms with Gasteiger partial charge in [-0.05, 0) is 65.7 Å². The molecular formula is C24H19ClN2O3S. The van der Waals surface area contributed by atoms with E-state index in [0.29, 0.717) is 21.5 Å². The molecule has 2 aromatic carbocycles. The first-order valence-electron chi connectivity index (χ1n) is 9.64. The lowest BCUT2D eigenvalue weighted by Crippen LogP contribution is -2.23. The Morgan fingerprint density at radius 1 is 1.26 bits per heavy atom. The Morgan fingerprint density at radius 2 is 2.03 bits per heavy atom. The summed E-state index contributed by atoms with van der Waals surface area (Å²) >= 11 is 7.27. The van der Waals surface area contributed by atoms with Crippen LogP contribution in [0, 0.1) is 5.92 Å². The number of halogens is 1. The first-order valence-corrected chi connectivity index (χ1v) is 10.8. The summed E-state index contributed by atoms with van der Waals surface area (Å²) in [5.41, 5.74) is 2.90. The molecule has 1 unspecified atom stereocenters. The van der Waals surface area contributed by atoms with Crippen molar-refractivity contribution in [3.63, 3.8) is 0 Å². The average Bonchev–Trinajstić information content (AvgIpc) is 3.03. The smallest absolute Gasteiger partial charge is 0.335 e. The van der Waals surface area contributed by atoms with E-state index in [9.17, 15) is 14.7 Å². The predicted molar refractivity (Wildman–Crippen MR) is 126 cm³/mol. The number of hydrogen-bond donors (Lipinski definition) is 1. The predicted octanol–water partition coefficient (Wildman–Crippen LogP) is 5.77. The maximum absolute atomic E-state index is 12.7. The Hall–Kier alpha value is -3.09. The molecule has 1 aliphatic carbocycles. The summed E-state index contributed by atoms with van der Waals surface area (Å²) in [6.07, 6.45) is 8.62. The molecule has 4 rings (SSSR count). The second-order valence-corrected chi connectivity index (χ2v) is 8.64. The average molecular weight is 451 g/mol. The number of aromatic carboxylic acids is 1. The molecule has 2 aliphatic rings. The van der Waals surface area contributed by atoms with Crippen LogP contribution >= 0.6 is 23.4 Å². The normalized spacial score (nSPS) is 21.1. The van der Waals surface area contributed by atoms with Crippen molar-refractivity contribution in [3.8, 4) is 0 Å². The number of carboxylic acids is 1. The number of amidine groups is 1. The van der Waals surface area contributed by atoms with Crippen molar-refractivity contribution in [2.75, 3.05) is 7.05 Å². The van der Waals surface area contributed by atoms with E-state index in [0.717, 1.165) is 16.8 Å². The van der Waals surface area contributed by atoms with Crippen molar-refractivity contribution in [1.82, 2.24) is 4.90 Å². The van der Waals surface area contributed by atoms with Gasteiger partial charge in [-0.1, -0.05) is 48.0 Å². The van der Waals surface area contributed by atoms with Gasteiger partial charge in [0.2, 0.25) is 0 Å². The summed E-state index contributed by atoms with van der Waals surface area (Å²) in [4.78, 5) is 30.7. The van der Waals surface area contributed by atoms with Crippen LogP contribution in [0.15, 0.2) is 82.7 Å². The molecule has 1 heterocycles. The Morgan fingerprint density at radius 3 is 2.77 bits per heavy atom. The number of allylic oxidation sites excluding steroid dienone is 5. The highest BCUT2D eigenvalue weighted by molar-refractivity contribution is 8.18. The molecule has 1 aliphatic heterocycles. The number of carbonyl (C=O) groups is 2.